The molecule has 3 aromatic rings. The summed E-state index contributed by atoms with van der Waals surface area (Å²) in [6, 6.07) is -0.460. The second-order valence-electron chi connectivity index (χ2n) is 3.33. The molecule has 84 valence electrons. The average molecular weight is 269 g/mol. The van der Waals surface area contributed by atoms with Crippen molar-refractivity contribution in [3.63, 3.8) is 0 Å². The molecule has 0 N–H and O–H groups in total. The second kappa shape index (κ2) is 5.37. The molecule has 0 bridgehead atoms. The molecule has 0 aliphatic heterocycles. The topological polar surface area (TPSA) is 87.1 Å². The maximum Gasteiger partial charge on any atom is 1.00 e. The molecule has 8 heteroatoms. The van der Waals surface area contributed by atoms with Gasteiger partial charge in [-0.2, -0.15) is 5.21 Å². The van der Waals surface area contributed by atoms with Gasteiger partial charge in [0.05, 0.1) is 9.68 Å². The number of fused-ring (bicyclic) bond motifs is 1. The third-order valence-electron chi connectivity index (χ3n) is 2.27. The van der Waals surface area contributed by atoms with E-state index in [1.807, 2.05) is 0 Å². The smallest absolute Gasteiger partial charge is 0.330 e. The van der Waals surface area contributed by atoms with E-state index in [0.717, 1.165) is 4.40 Å². The SMILES string of the molecule is [2H]c1c([2H])c([2H])n2c(=O)c(-c3nnn[n-]3)cnc2c1C.[K+]. The van der Waals surface area contributed by atoms with Crippen molar-refractivity contribution >= 4 is 5.65 Å². The Morgan fingerprint density at radius 1 is 1.50 bits per heavy atom. The summed E-state index contributed by atoms with van der Waals surface area (Å²) in [6.07, 6.45) is 0.855. The van der Waals surface area contributed by atoms with Gasteiger partial charge in [-0.3, -0.25) is 19.5 Å². The minimum Gasteiger partial charge on any atom is -0.330 e. The normalized spacial score (nSPS) is 12.6. The van der Waals surface area contributed by atoms with Crippen LogP contribution in [0.3, 0.4) is 0 Å². The van der Waals surface area contributed by atoms with Crippen LogP contribution in [0.5, 0.6) is 0 Å². The number of hydrogen-bond donors (Lipinski definition) is 0. The van der Waals surface area contributed by atoms with Crippen LogP contribution in [0.2, 0.25) is 0 Å². The van der Waals surface area contributed by atoms with Crippen molar-refractivity contribution < 1.29 is 55.5 Å². The number of aromatic nitrogens is 6. The summed E-state index contributed by atoms with van der Waals surface area (Å²) in [5, 5.41) is 13.7. The van der Waals surface area contributed by atoms with E-state index in [2.05, 4.69) is 25.6 Å². The number of tetrazole rings is 1. The summed E-state index contributed by atoms with van der Waals surface area (Å²) in [4.78, 5) is 16.5. The molecule has 3 heterocycles. The Morgan fingerprint density at radius 3 is 3.06 bits per heavy atom. The van der Waals surface area contributed by atoms with Gasteiger partial charge in [0, 0.05) is 18.2 Å². The quantitative estimate of drug-likeness (QED) is 0.433. The van der Waals surface area contributed by atoms with Gasteiger partial charge in [0.15, 0.2) is 0 Å². The molecule has 0 aliphatic rings. The van der Waals surface area contributed by atoms with Gasteiger partial charge >= 0.3 is 51.4 Å². The molecule has 0 saturated heterocycles. The third-order valence-corrected chi connectivity index (χ3v) is 2.27. The molecular formula is C10H7KN6O. The summed E-state index contributed by atoms with van der Waals surface area (Å²) in [5.74, 6) is 0.00966. The van der Waals surface area contributed by atoms with Gasteiger partial charge in [-0.05, 0) is 18.5 Å². The van der Waals surface area contributed by atoms with Gasteiger partial charge in [-0.1, -0.05) is 6.04 Å². The van der Waals surface area contributed by atoms with Crippen LogP contribution in [0.15, 0.2) is 29.2 Å². The van der Waals surface area contributed by atoms with E-state index in [9.17, 15) is 4.79 Å². The molecule has 0 spiro atoms. The van der Waals surface area contributed by atoms with Crippen molar-refractivity contribution in [1.82, 2.24) is 30.0 Å². The van der Waals surface area contributed by atoms with Crippen LogP contribution < -0.4 is 62.0 Å². The molecule has 3 rings (SSSR count). The minimum atomic E-state index is -0.591. The summed E-state index contributed by atoms with van der Waals surface area (Å²) < 4.78 is 24.2. The van der Waals surface area contributed by atoms with Crippen molar-refractivity contribution in [2.45, 2.75) is 6.92 Å². The zero-order valence-corrected chi connectivity index (χ0v) is 12.8. The Balaban J connectivity index is 0.00000161. The van der Waals surface area contributed by atoms with Gasteiger partial charge < -0.3 is 5.10 Å². The van der Waals surface area contributed by atoms with Crippen LogP contribution in [0.1, 0.15) is 9.68 Å². The average Bonchev–Trinajstić information content (AvgIpc) is 2.96. The second-order valence-corrected chi connectivity index (χ2v) is 3.33. The molecule has 0 saturated carbocycles. The molecule has 0 radical (unpaired) electrons. The first-order chi connectivity index (χ1) is 9.52. The Bertz CT molecular complexity index is 879. The van der Waals surface area contributed by atoms with Crippen LogP contribution in [0.25, 0.3) is 17.0 Å². The van der Waals surface area contributed by atoms with Crippen LogP contribution in [-0.2, 0) is 0 Å². The van der Waals surface area contributed by atoms with Crippen molar-refractivity contribution in [1.29, 1.82) is 0 Å². The molecule has 0 fully saturated rings. The van der Waals surface area contributed by atoms with Crippen LogP contribution in [0.4, 0.5) is 0 Å². The Labute approximate surface area is 148 Å². The fourth-order valence-electron chi connectivity index (χ4n) is 1.46. The molecule has 0 aliphatic carbocycles. The first-order valence-corrected chi connectivity index (χ1v) is 4.69. The van der Waals surface area contributed by atoms with E-state index < -0.39 is 11.7 Å². The minimum absolute atomic E-state index is 0. The third kappa shape index (κ3) is 2.17. The van der Waals surface area contributed by atoms with Crippen molar-refractivity contribution in [2.24, 2.45) is 0 Å². The predicted octanol–water partition coefficient (Wildman–Crippen LogP) is -3.18. The zero-order chi connectivity index (χ0) is 14.4. The number of rotatable bonds is 1. The van der Waals surface area contributed by atoms with Gasteiger partial charge in [0.2, 0.25) is 0 Å². The van der Waals surface area contributed by atoms with Gasteiger partial charge in [0.25, 0.3) is 5.56 Å². The van der Waals surface area contributed by atoms with Crippen LogP contribution in [0, 0.1) is 6.92 Å². The van der Waals surface area contributed by atoms with Crippen molar-refractivity contribution in [3.05, 3.63) is 40.4 Å². The van der Waals surface area contributed by atoms with Crippen molar-refractivity contribution in [2.75, 3.05) is 0 Å². The molecule has 18 heavy (non-hydrogen) atoms. The summed E-state index contributed by atoms with van der Waals surface area (Å²) in [7, 11) is 0. The summed E-state index contributed by atoms with van der Waals surface area (Å²) >= 11 is 0. The standard InChI is InChI=1S/C10H7N6O.K/c1-6-3-2-4-16-9(6)11-5-7(10(16)17)8-12-14-15-13-8;/h2-5H,1H3;/q-1;+1/i2D,3D,4D;. The van der Waals surface area contributed by atoms with Crippen LogP contribution in [-0.4, -0.2) is 24.9 Å². The molecular weight excluding hydrogens is 259 g/mol. The number of hydrogen-bond acceptors (Lipinski definition) is 5. The monoisotopic (exact) mass is 269 g/mol. The number of nitrogens with zero attached hydrogens (tertiary/aromatic N) is 6. The number of aryl methyl sites for hydroxylation is 1. The first kappa shape index (κ1) is 9.93. The van der Waals surface area contributed by atoms with E-state index >= 15 is 0 Å². The largest absolute Gasteiger partial charge is 1.00 e. The maximum atomic E-state index is 12.4. The molecule has 0 unspecified atom stereocenters. The van der Waals surface area contributed by atoms with E-state index in [1.54, 1.807) is 6.92 Å². The first-order valence-electron chi connectivity index (χ1n) is 6.19. The van der Waals surface area contributed by atoms with E-state index in [-0.39, 0.29) is 80.5 Å². The number of pyridine rings is 1. The van der Waals surface area contributed by atoms with E-state index in [4.69, 9.17) is 4.11 Å². The molecule has 0 atom stereocenters. The van der Waals surface area contributed by atoms with Gasteiger partial charge in [0.1, 0.15) is 5.65 Å². The van der Waals surface area contributed by atoms with Gasteiger partial charge in [-0.25, -0.2) is 4.98 Å². The summed E-state index contributed by atoms with van der Waals surface area (Å²) in [6.45, 7) is 1.57. The molecule has 7 nitrogen and oxygen atoms in total. The van der Waals surface area contributed by atoms with Gasteiger partial charge in [-0.15, -0.1) is 0 Å². The maximum absolute atomic E-state index is 12.4. The Hall–Kier alpha value is -0.934. The summed E-state index contributed by atoms with van der Waals surface area (Å²) in [5.41, 5.74) is -0.0320. The fourth-order valence-corrected chi connectivity index (χ4v) is 1.46. The molecule has 0 amide bonds. The Morgan fingerprint density at radius 2 is 2.33 bits per heavy atom. The zero-order valence-electron chi connectivity index (χ0n) is 12.7. The van der Waals surface area contributed by atoms with E-state index in [1.165, 1.54) is 6.20 Å². The molecule has 0 aromatic carbocycles. The Kier molecular flexibility index (Phi) is 2.96. The van der Waals surface area contributed by atoms with Crippen LogP contribution >= 0.6 is 0 Å². The fraction of sp³-hybridized carbons (Fsp3) is 0.100. The van der Waals surface area contributed by atoms with Crippen molar-refractivity contribution in [3.8, 4) is 11.4 Å². The van der Waals surface area contributed by atoms with E-state index in [0.29, 0.717) is 5.56 Å². The predicted molar refractivity (Wildman–Crippen MR) is 58.3 cm³/mol. The molecule has 3 aromatic heterocycles.